The van der Waals surface area contributed by atoms with E-state index >= 15 is 0 Å². The molecule has 3 saturated heterocycles. The molecule has 224 valence electrons. The normalized spacial score (nSPS) is 22.0. The number of aromatic nitrogens is 3. The standard InChI is InChI=1S/C31H31ClFN5O5/c32-21-6-4-20(23(33)13-21)16-43-30-3-1-2-28(35-30)37-10-9-36(26-17-41-18-27(26)37)15-29-34-24-7-5-19(31(39)40)12-25(24)38(29)14-22-8-11-42-22/h1-7,12-13,22,26-27H,8-11,14-18H2,(H,39,40)/t22-,26+,27-/m0/s1. The Labute approximate surface area is 252 Å². The number of piperazine rings is 1. The summed E-state index contributed by atoms with van der Waals surface area (Å²) in [4.78, 5) is 26.0. The van der Waals surface area contributed by atoms with Crippen molar-refractivity contribution >= 4 is 34.4 Å². The Kier molecular flexibility index (Phi) is 7.64. The zero-order valence-electron chi connectivity index (χ0n) is 23.4. The van der Waals surface area contributed by atoms with Crippen LogP contribution >= 0.6 is 11.6 Å². The van der Waals surface area contributed by atoms with Gasteiger partial charge in [-0.15, -0.1) is 0 Å². The van der Waals surface area contributed by atoms with E-state index < -0.39 is 11.8 Å². The molecule has 0 radical (unpaired) electrons. The molecule has 2 aromatic carbocycles. The molecule has 4 aromatic rings. The number of hydrogen-bond acceptors (Lipinski definition) is 8. The minimum atomic E-state index is -0.960. The average Bonchev–Trinajstić information content (AvgIpc) is 3.60. The number of rotatable bonds is 9. The van der Waals surface area contributed by atoms with Crippen LogP contribution in [0.25, 0.3) is 11.0 Å². The van der Waals surface area contributed by atoms with E-state index in [4.69, 9.17) is 35.8 Å². The fourth-order valence-electron chi connectivity index (χ4n) is 6.11. The zero-order valence-corrected chi connectivity index (χ0v) is 24.1. The zero-order chi connectivity index (χ0) is 29.5. The van der Waals surface area contributed by atoms with Crippen LogP contribution in [0.1, 0.15) is 28.2 Å². The second-order valence-corrected chi connectivity index (χ2v) is 11.6. The summed E-state index contributed by atoms with van der Waals surface area (Å²) in [7, 11) is 0. The summed E-state index contributed by atoms with van der Waals surface area (Å²) >= 11 is 5.87. The Morgan fingerprint density at radius 1 is 1.09 bits per heavy atom. The highest BCUT2D eigenvalue weighted by atomic mass is 35.5. The maximum absolute atomic E-state index is 14.2. The second kappa shape index (κ2) is 11.7. The molecule has 3 aliphatic heterocycles. The minimum Gasteiger partial charge on any atom is -0.478 e. The molecule has 0 aliphatic carbocycles. The van der Waals surface area contributed by atoms with Crippen LogP contribution in [0.15, 0.2) is 54.6 Å². The number of anilines is 1. The third kappa shape index (κ3) is 5.65. The Morgan fingerprint density at radius 2 is 1.95 bits per heavy atom. The van der Waals surface area contributed by atoms with Crippen LogP contribution in [0.2, 0.25) is 5.02 Å². The first-order valence-corrected chi connectivity index (χ1v) is 14.8. The molecule has 3 aliphatic rings. The van der Waals surface area contributed by atoms with E-state index in [0.29, 0.717) is 42.8 Å². The number of halogens is 2. The van der Waals surface area contributed by atoms with Gasteiger partial charge in [0, 0.05) is 36.3 Å². The van der Waals surface area contributed by atoms with Crippen LogP contribution in [-0.4, -0.2) is 81.6 Å². The molecule has 7 rings (SSSR count). The number of imidazole rings is 1. The van der Waals surface area contributed by atoms with Crippen molar-refractivity contribution in [2.24, 2.45) is 0 Å². The largest absolute Gasteiger partial charge is 0.478 e. The SMILES string of the molecule is O=C(O)c1ccc2nc(CN3CCN(c4cccc(OCc5ccc(Cl)cc5F)n4)[C@H]4COC[C@H]43)n(C[C@@H]3CCO3)c2c1. The number of ether oxygens (including phenoxy) is 3. The number of hydrogen-bond donors (Lipinski definition) is 1. The van der Waals surface area contributed by atoms with Crippen LogP contribution in [0.4, 0.5) is 10.2 Å². The van der Waals surface area contributed by atoms with Gasteiger partial charge in [-0.1, -0.05) is 23.7 Å². The molecule has 43 heavy (non-hydrogen) atoms. The van der Waals surface area contributed by atoms with E-state index in [0.717, 1.165) is 48.8 Å². The summed E-state index contributed by atoms with van der Waals surface area (Å²) in [5, 5.41) is 9.91. The van der Waals surface area contributed by atoms with E-state index in [9.17, 15) is 14.3 Å². The molecule has 0 spiro atoms. The number of carboxylic acids is 1. The lowest BCUT2D eigenvalue weighted by Crippen LogP contribution is -2.59. The predicted octanol–water partition coefficient (Wildman–Crippen LogP) is 4.38. The summed E-state index contributed by atoms with van der Waals surface area (Å²) in [6.45, 7) is 4.67. The molecular formula is C31H31ClFN5O5. The van der Waals surface area contributed by atoms with Crippen LogP contribution in [-0.2, 0) is 29.2 Å². The first-order valence-electron chi connectivity index (χ1n) is 14.4. The molecule has 0 amide bonds. The highest BCUT2D eigenvalue weighted by molar-refractivity contribution is 6.30. The molecule has 10 nitrogen and oxygen atoms in total. The third-order valence-electron chi connectivity index (χ3n) is 8.51. The quantitative estimate of drug-likeness (QED) is 0.297. The van der Waals surface area contributed by atoms with E-state index in [2.05, 4.69) is 14.4 Å². The molecular weight excluding hydrogens is 577 g/mol. The van der Waals surface area contributed by atoms with E-state index in [1.807, 2.05) is 12.1 Å². The van der Waals surface area contributed by atoms with Crippen molar-refractivity contribution in [3.8, 4) is 5.88 Å². The van der Waals surface area contributed by atoms with Crippen LogP contribution in [0.3, 0.4) is 0 Å². The van der Waals surface area contributed by atoms with Crippen LogP contribution < -0.4 is 9.64 Å². The second-order valence-electron chi connectivity index (χ2n) is 11.1. The van der Waals surface area contributed by atoms with Gasteiger partial charge in [-0.05, 0) is 42.8 Å². The fraction of sp³-hybridized carbons (Fsp3) is 0.387. The van der Waals surface area contributed by atoms with Crippen molar-refractivity contribution in [1.29, 1.82) is 0 Å². The molecule has 3 fully saturated rings. The van der Waals surface area contributed by atoms with Crippen molar-refractivity contribution in [2.75, 3.05) is 37.8 Å². The lowest BCUT2D eigenvalue weighted by Gasteiger charge is -2.44. The maximum atomic E-state index is 14.2. The van der Waals surface area contributed by atoms with Crippen molar-refractivity contribution in [3.63, 3.8) is 0 Å². The maximum Gasteiger partial charge on any atom is 0.335 e. The summed E-state index contributed by atoms with van der Waals surface area (Å²) in [5.41, 5.74) is 2.23. The minimum absolute atomic E-state index is 0.0449. The highest BCUT2D eigenvalue weighted by Crippen LogP contribution is 2.31. The molecule has 2 aromatic heterocycles. The highest BCUT2D eigenvalue weighted by Gasteiger charge is 2.42. The van der Waals surface area contributed by atoms with Gasteiger partial charge in [-0.25, -0.2) is 14.2 Å². The molecule has 3 atom stereocenters. The van der Waals surface area contributed by atoms with Gasteiger partial charge in [0.2, 0.25) is 5.88 Å². The van der Waals surface area contributed by atoms with Crippen LogP contribution in [0, 0.1) is 5.82 Å². The summed E-state index contributed by atoms with van der Waals surface area (Å²) in [6.07, 6.45) is 1.07. The monoisotopic (exact) mass is 607 g/mol. The van der Waals surface area contributed by atoms with Gasteiger partial charge in [0.15, 0.2) is 0 Å². The first kappa shape index (κ1) is 28.0. The number of carbonyl (C=O) groups is 1. The number of carboxylic acid groups (broad SMARTS) is 1. The predicted molar refractivity (Wildman–Crippen MR) is 157 cm³/mol. The summed E-state index contributed by atoms with van der Waals surface area (Å²) in [5.74, 6) is 0.706. The van der Waals surface area contributed by atoms with Gasteiger partial charge in [0.05, 0.1) is 61.1 Å². The Morgan fingerprint density at radius 3 is 2.74 bits per heavy atom. The number of benzene rings is 2. The number of pyridine rings is 1. The molecule has 0 saturated carbocycles. The molecule has 5 heterocycles. The Bertz CT molecular complexity index is 1660. The molecule has 1 N–H and O–H groups in total. The topological polar surface area (TPSA) is 102 Å². The van der Waals surface area contributed by atoms with Gasteiger partial charge in [-0.2, -0.15) is 4.98 Å². The first-order chi connectivity index (χ1) is 20.9. The van der Waals surface area contributed by atoms with Crippen LogP contribution in [0.5, 0.6) is 5.88 Å². The number of aromatic carboxylic acids is 1. The third-order valence-corrected chi connectivity index (χ3v) is 8.75. The van der Waals surface area contributed by atoms with Crippen molar-refractivity contribution < 1.29 is 28.5 Å². The van der Waals surface area contributed by atoms with E-state index in [-0.39, 0.29) is 30.4 Å². The average molecular weight is 608 g/mol. The van der Waals surface area contributed by atoms with Gasteiger partial charge in [0.1, 0.15) is 24.1 Å². The summed E-state index contributed by atoms with van der Waals surface area (Å²) < 4.78 is 33.9. The van der Waals surface area contributed by atoms with E-state index in [1.165, 1.54) is 6.07 Å². The smallest absolute Gasteiger partial charge is 0.335 e. The lowest BCUT2D eigenvalue weighted by atomic mass is 10.0. The fourth-order valence-corrected chi connectivity index (χ4v) is 6.26. The Balaban J connectivity index is 1.09. The molecule has 0 unspecified atom stereocenters. The van der Waals surface area contributed by atoms with Gasteiger partial charge in [-0.3, -0.25) is 4.90 Å². The lowest BCUT2D eigenvalue weighted by molar-refractivity contribution is -0.0592. The number of nitrogens with zero attached hydrogens (tertiary/aromatic N) is 5. The van der Waals surface area contributed by atoms with E-state index in [1.54, 1.807) is 36.4 Å². The molecule has 12 heteroatoms. The van der Waals surface area contributed by atoms with Gasteiger partial charge in [0.25, 0.3) is 0 Å². The number of fused-ring (bicyclic) bond motifs is 2. The van der Waals surface area contributed by atoms with Crippen molar-refractivity contribution in [2.45, 2.75) is 44.3 Å². The van der Waals surface area contributed by atoms with Gasteiger partial charge < -0.3 is 28.8 Å². The molecule has 0 bridgehead atoms. The Hall–Kier alpha value is -3.77. The van der Waals surface area contributed by atoms with Crippen molar-refractivity contribution in [1.82, 2.24) is 19.4 Å². The van der Waals surface area contributed by atoms with Gasteiger partial charge >= 0.3 is 5.97 Å². The van der Waals surface area contributed by atoms with Crippen molar-refractivity contribution in [3.05, 3.63) is 82.4 Å². The summed E-state index contributed by atoms with van der Waals surface area (Å²) in [6, 6.07) is 15.4.